The Labute approximate surface area is 165 Å². The summed E-state index contributed by atoms with van der Waals surface area (Å²) in [6.45, 7) is 5.26. The number of thioether (sulfide) groups is 1. The summed E-state index contributed by atoms with van der Waals surface area (Å²) >= 11 is 1.21. The van der Waals surface area contributed by atoms with E-state index in [0.29, 0.717) is 22.2 Å². The van der Waals surface area contributed by atoms with Crippen LogP contribution in [-0.4, -0.2) is 42.4 Å². The van der Waals surface area contributed by atoms with Gasteiger partial charge in [-0.2, -0.15) is 0 Å². The smallest absolute Gasteiger partial charge is 0.256 e. The third-order valence-electron chi connectivity index (χ3n) is 4.55. The number of hydrogen-bond donors (Lipinski definition) is 0. The van der Waals surface area contributed by atoms with E-state index in [0.717, 1.165) is 11.4 Å². The van der Waals surface area contributed by atoms with Gasteiger partial charge in [-0.1, -0.05) is 11.8 Å². The molecule has 1 aromatic carbocycles. The van der Waals surface area contributed by atoms with Crippen molar-refractivity contribution in [1.82, 2.24) is 19.6 Å². The zero-order valence-electron chi connectivity index (χ0n) is 15.5. The minimum Gasteiger partial charge on any atom is -0.295 e. The molecule has 0 aliphatic carbocycles. The second kappa shape index (κ2) is 6.83. The summed E-state index contributed by atoms with van der Waals surface area (Å²) in [5.41, 5.74) is 2.73. The van der Waals surface area contributed by atoms with Crippen LogP contribution < -0.4 is 4.90 Å². The largest absolute Gasteiger partial charge is 0.295 e. The topological polar surface area (TPSA) is 97.5 Å². The van der Waals surface area contributed by atoms with E-state index in [1.54, 1.807) is 28.7 Å². The number of ketones is 1. The highest BCUT2D eigenvalue weighted by Gasteiger charge is 2.41. The van der Waals surface area contributed by atoms with E-state index in [2.05, 4.69) is 15.2 Å². The number of carbonyl (C=O) groups is 3. The van der Waals surface area contributed by atoms with E-state index in [9.17, 15) is 14.4 Å². The molecular formula is C19H17N5O3S. The standard InChI is InChI=1S/C19H17N5O3S/c1-10-8-11(2)23-18(20-10)21-22-19(23)28-15-9-16(26)24(17(15)27)14-6-4-13(5-7-14)12(3)25/h4-8,15H,9H2,1-3H3/t15-/m0/s1. The highest BCUT2D eigenvalue weighted by molar-refractivity contribution is 8.00. The lowest BCUT2D eigenvalue weighted by molar-refractivity contribution is -0.121. The maximum absolute atomic E-state index is 12.9. The van der Waals surface area contributed by atoms with Crippen molar-refractivity contribution in [3.8, 4) is 0 Å². The van der Waals surface area contributed by atoms with Crippen molar-refractivity contribution in [3.63, 3.8) is 0 Å². The second-order valence-corrected chi connectivity index (χ2v) is 7.81. The van der Waals surface area contributed by atoms with Crippen LogP contribution in [-0.2, 0) is 9.59 Å². The molecule has 28 heavy (non-hydrogen) atoms. The van der Waals surface area contributed by atoms with Crippen LogP contribution in [0.3, 0.4) is 0 Å². The molecule has 2 aromatic heterocycles. The van der Waals surface area contributed by atoms with Crippen molar-refractivity contribution >= 4 is 40.8 Å². The zero-order chi connectivity index (χ0) is 20.0. The van der Waals surface area contributed by atoms with Gasteiger partial charge in [-0.3, -0.25) is 18.8 Å². The predicted molar refractivity (Wildman–Crippen MR) is 103 cm³/mol. The lowest BCUT2D eigenvalue weighted by atomic mass is 10.1. The number of benzene rings is 1. The van der Waals surface area contributed by atoms with E-state index in [4.69, 9.17) is 0 Å². The number of aryl methyl sites for hydroxylation is 2. The van der Waals surface area contributed by atoms with Crippen LogP contribution in [0.1, 0.15) is 35.1 Å². The molecule has 1 fully saturated rings. The van der Waals surface area contributed by atoms with Crippen molar-refractivity contribution in [2.75, 3.05) is 4.90 Å². The van der Waals surface area contributed by atoms with Crippen LogP contribution in [0.15, 0.2) is 35.5 Å². The molecule has 1 aliphatic rings. The molecular weight excluding hydrogens is 378 g/mol. The molecule has 0 saturated carbocycles. The first-order valence-corrected chi connectivity index (χ1v) is 9.57. The van der Waals surface area contributed by atoms with Crippen LogP contribution in [0.4, 0.5) is 5.69 Å². The predicted octanol–water partition coefficient (Wildman–Crippen LogP) is 2.37. The number of anilines is 1. The fourth-order valence-electron chi connectivity index (χ4n) is 3.22. The summed E-state index contributed by atoms with van der Waals surface area (Å²) in [5, 5.41) is 8.15. The number of aromatic nitrogens is 4. The average molecular weight is 395 g/mol. The Balaban J connectivity index is 1.60. The van der Waals surface area contributed by atoms with Gasteiger partial charge in [-0.25, -0.2) is 9.88 Å². The summed E-state index contributed by atoms with van der Waals surface area (Å²) in [6.07, 6.45) is 0.0746. The SMILES string of the molecule is CC(=O)c1ccc(N2C(=O)C[C@H](Sc3nnc4nc(C)cc(C)n34)C2=O)cc1. The molecule has 0 bridgehead atoms. The molecule has 8 nitrogen and oxygen atoms in total. The number of imide groups is 1. The van der Waals surface area contributed by atoms with Gasteiger partial charge in [-0.15, -0.1) is 10.2 Å². The van der Waals surface area contributed by atoms with Crippen LogP contribution in [0.5, 0.6) is 0 Å². The third-order valence-corrected chi connectivity index (χ3v) is 5.68. The molecule has 3 heterocycles. The molecule has 0 radical (unpaired) electrons. The Morgan fingerprint density at radius 2 is 1.86 bits per heavy atom. The number of hydrogen-bond acceptors (Lipinski definition) is 7. The molecule has 1 saturated heterocycles. The quantitative estimate of drug-likeness (QED) is 0.494. The van der Waals surface area contributed by atoms with Crippen LogP contribution in [0.2, 0.25) is 0 Å². The van der Waals surface area contributed by atoms with Gasteiger partial charge in [-0.05, 0) is 51.1 Å². The minimum atomic E-state index is -0.590. The van der Waals surface area contributed by atoms with Crippen molar-refractivity contribution < 1.29 is 14.4 Å². The van der Waals surface area contributed by atoms with Crippen LogP contribution in [0, 0.1) is 13.8 Å². The number of fused-ring (bicyclic) bond motifs is 1. The van der Waals surface area contributed by atoms with Crippen molar-refractivity contribution in [1.29, 1.82) is 0 Å². The molecule has 142 valence electrons. The normalized spacial score (nSPS) is 17.0. The van der Waals surface area contributed by atoms with Crippen molar-refractivity contribution in [2.45, 2.75) is 37.6 Å². The number of carbonyl (C=O) groups excluding carboxylic acids is 3. The first-order chi connectivity index (χ1) is 13.3. The van der Waals surface area contributed by atoms with Crippen LogP contribution >= 0.6 is 11.8 Å². The Hall–Kier alpha value is -3.07. The molecule has 1 atom stereocenters. The summed E-state index contributed by atoms with van der Waals surface area (Å²) in [7, 11) is 0. The Bertz CT molecular complexity index is 1120. The highest BCUT2D eigenvalue weighted by Crippen LogP contribution is 2.33. The lowest BCUT2D eigenvalue weighted by Gasteiger charge is -2.15. The second-order valence-electron chi connectivity index (χ2n) is 6.64. The molecule has 4 rings (SSSR count). The Morgan fingerprint density at radius 1 is 1.14 bits per heavy atom. The molecule has 3 aromatic rings. The summed E-state index contributed by atoms with van der Waals surface area (Å²) < 4.78 is 1.78. The molecule has 0 unspecified atom stereocenters. The lowest BCUT2D eigenvalue weighted by Crippen LogP contribution is -2.31. The molecule has 9 heteroatoms. The number of nitrogens with zero attached hydrogens (tertiary/aromatic N) is 5. The van der Waals surface area contributed by atoms with Crippen LogP contribution in [0.25, 0.3) is 5.78 Å². The van der Waals surface area contributed by atoms with E-state index < -0.39 is 5.25 Å². The van der Waals surface area contributed by atoms with Crippen molar-refractivity contribution in [3.05, 3.63) is 47.3 Å². The first kappa shape index (κ1) is 18.3. The van der Waals surface area contributed by atoms with E-state index in [-0.39, 0.29) is 24.0 Å². The summed E-state index contributed by atoms with van der Waals surface area (Å²) in [4.78, 5) is 42.3. The average Bonchev–Trinajstić information content (AvgIpc) is 3.16. The number of amides is 2. The van der Waals surface area contributed by atoms with Gasteiger partial charge in [0.1, 0.15) is 5.25 Å². The van der Waals surface area contributed by atoms with E-state index in [1.165, 1.54) is 23.6 Å². The van der Waals surface area contributed by atoms with Crippen molar-refractivity contribution in [2.24, 2.45) is 0 Å². The fourth-order valence-corrected chi connectivity index (χ4v) is 4.32. The van der Waals surface area contributed by atoms with Gasteiger partial charge in [0.2, 0.25) is 11.8 Å². The molecule has 2 amide bonds. The zero-order valence-corrected chi connectivity index (χ0v) is 16.4. The summed E-state index contributed by atoms with van der Waals surface area (Å²) in [5.74, 6) is -0.192. The third kappa shape index (κ3) is 3.07. The highest BCUT2D eigenvalue weighted by atomic mass is 32.2. The minimum absolute atomic E-state index is 0.0723. The van der Waals surface area contributed by atoms with Gasteiger partial charge in [0.25, 0.3) is 5.78 Å². The van der Waals surface area contributed by atoms with E-state index >= 15 is 0 Å². The molecule has 0 N–H and O–H groups in total. The first-order valence-electron chi connectivity index (χ1n) is 8.69. The van der Waals surface area contributed by atoms with E-state index in [1.807, 2.05) is 19.9 Å². The summed E-state index contributed by atoms with van der Waals surface area (Å²) in [6, 6.07) is 8.36. The fraction of sp³-hybridized carbons (Fsp3) is 0.263. The van der Waals surface area contributed by atoms with Gasteiger partial charge < -0.3 is 0 Å². The Morgan fingerprint density at radius 3 is 2.54 bits per heavy atom. The number of rotatable bonds is 4. The van der Waals surface area contributed by atoms with Gasteiger partial charge in [0.05, 0.1) is 5.69 Å². The van der Waals surface area contributed by atoms with Gasteiger partial charge in [0, 0.05) is 23.4 Å². The maximum Gasteiger partial charge on any atom is 0.256 e. The molecule has 1 aliphatic heterocycles. The van der Waals surface area contributed by atoms with Gasteiger partial charge >= 0.3 is 0 Å². The monoisotopic (exact) mass is 395 g/mol. The van der Waals surface area contributed by atoms with Gasteiger partial charge in [0.15, 0.2) is 10.9 Å². The number of Topliss-reactive ketones (excluding diaryl/α,β-unsaturated/α-hetero) is 1. The Kier molecular flexibility index (Phi) is 4.46. The molecule has 0 spiro atoms. The maximum atomic E-state index is 12.9.